The second kappa shape index (κ2) is 2.28. The average molecular weight is 130 g/mol. The molecule has 0 amide bonds. The van der Waals surface area contributed by atoms with E-state index in [1.165, 1.54) is 0 Å². The predicted molar refractivity (Wildman–Crippen MR) is 29.2 cm³/mol. The normalized spacial score (nSPS) is 21.5. The molecule has 0 saturated carbocycles. The Bertz CT molecular complexity index is 118. The van der Waals surface area contributed by atoms with Gasteiger partial charge in [0, 0.05) is 24.9 Å². The fourth-order valence-corrected chi connectivity index (χ4v) is 0.908. The Labute approximate surface area is 51.0 Å². The highest BCUT2D eigenvalue weighted by Crippen LogP contribution is 2.06. The number of rotatable bonds is 0. The molecule has 0 aromatic carbocycles. The van der Waals surface area contributed by atoms with Crippen molar-refractivity contribution in [2.75, 3.05) is 6.54 Å². The largest absolute Gasteiger partial charge is 0.290 e. The van der Waals surface area contributed by atoms with Gasteiger partial charge in [-0.05, 0) is 0 Å². The second-order valence-corrected chi connectivity index (χ2v) is 2.22. The Morgan fingerprint density at radius 1 is 1.50 bits per heavy atom. The van der Waals surface area contributed by atoms with Crippen molar-refractivity contribution in [2.45, 2.75) is 6.42 Å². The van der Waals surface area contributed by atoms with Crippen LogP contribution >= 0.6 is 11.9 Å². The van der Waals surface area contributed by atoms with Gasteiger partial charge in [0.2, 0.25) is 5.78 Å². The van der Waals surface area contributed by atoms with Gasteiger partial charge in [-0.1, -0.05) is 0 Å². The summed E-state index contributed by atoms with van der Waals surface area (Å²) in [6, 6.07) is 0. The quantitative estimate of drug-likeness (QED) is 0.335. The van der Waals surface area contributed by atoms with Crippen molar-refractivity contribution in [1.29, 1.82) is 0 Å². The minimum Gasteiger partial charge on any atom is -0.290 e. The van der Waals surface area contributed by atoms with Crippen LogP contribution in [-0.2, 0) is 9.59 Å². The molecule has 3 nitrogen and oxygen atoms in total. The van der Waals surface area contributed by atoms with Gasteiger partial charge < -0.3 is 0 Å². The predicted octanol–water partition coefficient (Wildman–Crippen LogP) is -0.262. The Balaban J connectivity index is 2.52. The zero-order chi connectivity index (χ0) is 5.98. The summed E-state index contributed by atoms with van der Waals surface area (Å²) in [7, 11) is 0. The second-order valence-electron chi connectivity index (χ2n) is 1.40. The molecule has 0 aromatic heterocycles. The molecular formula is C4H4NO2S. The van der Waals surface area contributed by atoms with E-state index >= 15 is 0 Å². The highest BCUT2D eigenvalue weighted by Gasteiger charge is 2.19. The minimum atomic E-state index is -0.420. The van der Waals surface area contributed by atoms with Crippen LogP contribution in [0.4, 0.5) is 0 Å². The van der Waals surface area contributed by atoms with E-state index in [1.54, 1.807) is 0 Å². The van der Waals surface area contributed by atoms with Crippen molar-refractivity contribution < 1.29 is 9.59 Å². The van der Waals surface area contributed by atoms with Crippen LogP contribution in [0.25, 0.3) is 0 Å². The van der Waals surface area contributed by atoms with Crippen molar-refractivity contribution in [1.82, 2.24) is 4.72 Å². The van der Waals surface area contributed by atoms with Crippen molar-refractivity contribution in [3.8, 4) is 0 Å². The summed E-state index contributed by atoms with van der Waals surface area (Å²) in [5, 5.41) is -0.420. The molecule has 1 heterocycles. The number of nitrogens with zero attached hydrogens (tertiary/aromatic N) is 1. The first-order chi connectivity index (χ1) is 3.80. The van der Waals surface area contributed by atoms with Crippen LogP contribution < -0.4 is 4.72 Å². The van der Waals surface area contributed by atoms with Gasteiger partial charge in [-0.15, -0.1) is 0 Å². The van der Waals surface area contributed by atoms with Gasteiger partial charge in [0.1, 0.15) is 0 Å². The molecule has 0 spiro atoms. The molecule has 0 atom stereocenters. The number of carbonyl (C=O) groups is 2. The van der Waals surface area contributed by atoms with E-state index < -0.39 is 5.12 Å². The van der Waals surface area contributed by atoms with E-state index in [0.717, 1.165) is 11.9 Å². The lowest BCUT2D eigenvalue weighted by atomic mass is 10.3. The molecule has 43 valence electrons. The summed E-state index contributed by atoms with van der Waals surface area (Å²) in [6.07, 6.45) is 0.297. The summed E-state index contributed by atoms with van der Waals surface area (Å²) in [5.74, 6) is -0.301. The number of hydrogen-bond acceptors (Lipinski definition) is 3. The SMILES string of the molecule is O=C1CC[N]SC1=O. The maximum Gasteiger partial charge on any atom is 0.271 e. The molecule has 1 saturated heterocycles. The third kappa shape index (κ3) is 1.08. The lowest BCUT2D eigenvalue weighted by molar-refractivity contribution is -0.131. The summed E-state index contributed by atoms with van der Waals surface area (Å²) < 4.78 is 3.65. The van der Waals surface area contributed by atoms with Gasteiger partial charge in [-0.3, -0.25) is 9.59 Å². The lowest BCUT2D eigenvalue weighted by Gasteiger charge is -2.03. The smallest absolute Gasteiger partial charge is 0.271 e. The van der Waals surface area contributed by atoms with E-state index in [1.807, 2.05) is 0 Å². The highest BCUT2D eigenvalue weighted by molar-refractivity contribution is 8.13. The monoisotopic (exact) mass is 130 g/mol. The van der Waals surface area contributed by atoms with Crippen LogP contribution in [0.1, 0.15) is 6.42 Å². The van der Waals surface area contributed by atoms with Crippen molar-refractivity contribution >= 4 is 22.8 Å². The Hall–Kier alpha value is -0.350. The van der Waals surface area contributed by atoms with E-state index in [0.29, 0.717) is 13.0 Å². The van der Waals surface area contributed by atoms with Gasteiger partial charge in [-0.2, -0.15) is 4.72 Å². The Morgan fingerprint density at radius 3 is 2.62 bits per heavy atom. The first kappa shape index (κ1) is 5.78. The summed E-state index contributed by atoms with van der Waals surface area (Å²) in [4.78, 5) is 20.7. The fraction of sp³-hybridized carbons (Fsp3) is 0.500. The zero-order valence-corrected chi connectivity index (χ0v) is 4.90. The zero-order valence-electron chi connectivity index (χ0n) is 4.09. The third-order valence-electron chi connectivity index (χ3n) is 0.805. The molecular weight excluding hydrogens is 126 g/mol. The van der Waals surface area contributed by atoms with E-state index in [4.69, 9.17) is 0 Å². The van der Waals surface area contributed by atoms with E-state index in [9.17, 15) is 9.59 Å². The van der Waals surface area contributed by atoms with Crippen LogP contribution in [0.5, 0.6) is 0 Å². The molecule has 0 aliphatic carbocycles. The van der Waals surface area contributed by atoms with Gasteiger partial charge >= 0.3 is 0 Å². The maximum absolute atomic E-state index is 10.4. The van der Waals surface area contributed by atoms with E-state index in [-0.39, 0.29) is 5.78 Å². The summed E-state index contributed by atoms with van der Waals surface area (Å²) in [6.45, 7) is 0.495. The molecule has 1 aliphatic heterocycles. The maximum atomic E-state index is 10.4. The molecule has 1 rings (SSSR count). The van der Waals surface area contributed by atoms with Gasteiger partial charge in [-0.25, -0.2) is 0 Å². The number of carbonyl (C=O) groups excluding carboxylic acids is 2. The van der Waals surface area contributed by atoms with Crippen LogP contribution in [0.3, 0.4) is 0 Å². The van der Waals surface area contributed by atoms with Crippen molar-refractivity contribution in [3.63, 3.8) is 0 Å². The van der Waals surface area contributed by atoms with Crippen LogP contribution in [-0.4, -0.2) is 17.4 Å². The van der Waals surface area contributed by atoms with Crippen LogP contribution in [0.2, 0.25) is 0 Å². The first-order valence-corrected chi connectivity index (χ1v) is 2.99. The van der Waals surface area contributed by atoms with Crippen LogP contribution in [0.15, 0.2) is 0 Å². The molecule has 8 heavy (non-hydrogen) atoms. The number of hydrogen-bond donors (Lipinski definition) is 0. The molecule has 0 unspecified atom stereocenters. The van der Waals surface area contributed by atoms with Crippen molar-refractivity contribution in [3.05, 3.63) is 0 Å². The van der Waals surface area contributed by atoms with Gasteiger partial charge in [0.15, 0.2) is 0 Å². The Morgan fingerprint density at radius 2 is 2.25 bits per heavy atom. The Kier molecular flexibility index (Phi) is 1.65. The molecule has 0 N–H and O–H groups in total. The number of Topliss-reactive ketones (excluding diaryl/α,β-unsaturated/α-hetero) is 1. The third-order valence-corrected chi connectivity index (χ3v) is 1.51. The topological polar surface area (TPSA) is 48.2 Å². The molecule has 0 bridgehead atoms. The lowest BCUT2D eigenvalue weighted by Crippen LogP contribution is -2.21. The molecule has 0 aromatic rings. The average Bonchev–Trinajstić information content (AvgIpc) is 1.77. The van der Waals surface area contributed by atoms with Gasteiger partial charge in [0.05, 0.1) is 0 Å². The minimum absolute atomic E-state index is 0.297. The van der Waals surface area contributed by atoms with Crippen LogP contribution in [0, 0.1) is 0 Å². The van der Waals surface area contributed by atoms with E-state index in [2.05, 4.69) is 4.72 Å². The fourth-order valence-electron chi connectivity index (χ4n) is 0.404. The highest BCUT2D eigenvalue weighted by atomic mass is 32.2. The first-order valence-electron chi connectivity index (χ1n) is 2.21. The molecule has 1 aliphatic rings. The summed E-state index contributed by atoms with van der Waals surface area (Å²) in [5.41, 5.74) is 0. The van der Waals surface area contributed by atoms with Gasteiger partial charge in [0.25, 0.3) is 5.12 Å². The molecule has 4 heteroatoms. The van der Waals surface area contributed by atoms with Crippen molar-refractivity contribution in [2.24, 2.45) is 0 Å². The molecule has 1 fully saturated rings. The standard InChI is InChI=1S/C4H4NO2S/c6-3-1-2-5-8-4(3)7/h1-2H2. The summed E-state index contributed by atoms with van der Waals surface area (Å²) >= 11 is 0.763. The molecule has 1 radical (unpaired) electrons. The number of ketones is 1.